The summed E-state index contributed by atoms with van der Waals surface area (Å²) in [7, 11) is 0. The lowest BCUT2D eigenvalue weighted by Gasteiger charge is -2.05. The zero-order valence-corrected chi connectivity index (χ0v) is 9.53. The second-order valence-corrected chi connectivity index (χ2v) is 3.72. The Morgan fingerprint density at radius 2 is 2.11 bits per heavy atom. The minimum Gasteiger partial charge on any atom is -0.320 e. The van der Waals surface area contributed by atoms with Gasteiger partial charge >= 0.3 is 0 Å². The zero-order chi connectivity index (χ0) is 13.1. The first-order valence-corrected chi connectivity index (χ1v) is 5.19. The fourth-order valence-electron chi connectivity index (χ4n) is 1.34. The Bertz CT molecular complexity index is 632. The molecular weight excluding hydrogens is 237 g/mol. The van der Waals surface area contributed by atoms with Gasteiger partial charge in [-0.25, -0.2) is 9.49 Å². The van der Waals surface area contributed by atoms with Crippen LogP contribution in [-0.4, -0.2) is 16.1 Å². The zero-order valence-electron chi connectivity index (χ0n) is 9.53. The molecule has 0 aliphatic heterocycles. The van der Waals surface area contributed by atoms with Gasteiger partial charge in [0.2, 0.25) is 0 Å². The Morgan fingerprint density at radius 3 is 2.72 bits per heavy atom. The molecule has 0 aliphatic rings. The molecule has 0 unspecified atom stereocenters. The maximum absolute atomic E-state index is 13.3. The number of halogens is 1. The number of nitrogens with one attached hydrogen (secondary N) is 2. The van der Waals surface area contributed by atoms with E-state index in [1.54, 1.807) is 19.1 Å². The van der Waals surface area contributed by atoms with Crippen molar-refractivity contribution in [2.45, 2.75) is 6.92 Å². The van der Waals surface area contributed by atoms with Crippen LogP contribution in [0.2, 0.25) is 0 Å². The van der Waals surface area contributed by atoms with Crippen molar-refractivity contribution in [2.75, 3.05) is 5.32 Å². The topological polar surface area (TPSA) is 74.8 Å². The molecule has 2 rings (SSSR count). The summed E-state index contributed by atoms with van der Waals surface area (Å²) in [5, 5.41) is 8.20. The van der Waals surface area contributed by atoms with Gasteiger partial charge in [-0.1, -0.05) is 6.07 Å². The van der Waals surface area contributed by atoms with Crippen LogP contribution >= 0.6 is 0 Å². The van der Waals surface area contributed by atoms with Crippen LogP contribution in [0, 0.1) is 12.7 Å². The fraction of sp³-hybridized carbons (Fsp3) is 0.0833. The van der Waals surface area contributed by atoms with Crippen LogP contribution < -0.4 is 10.9 Å². The maximum atomic E-state index is 13.3. The highest BCUT2D eigenvalue weighted by atomic mass is 19.1. The van der Waals surface area contributed by atoms with Crippen molar-refractivity contribution in [3.63, 3.8) is 0 Å². The first kappa shape index (κ1) is 12.0. The maximum Gasteiger partial charge on any atom is 0.276 e. The lowest BCUT2D eigenvalue weighted by atomic mass is 10.2. The molecule has 1 amide bonds. The Balaban J connectivity index is 2.18. The number of carbonyl (C=O) groups excluding carboxylic acids is 1. The van der Waals surface area contributed by atoms with E-state index in [1.807, 2.05) is 0 Å². The van der Waals surface area contributed by atoms with Gasteiger partial charge in [0.15, 0.2) is 0 Å². The Hall–Kier alpha value is -2.50. The van der Waals surface area contributed by atoms with Gasteiger partial charge in [-0.15, -0.1) is 0 Å². The standard InChI is InChI=1S/C12H10FN3O2/c1-7-2-3-8(6-9(7)13)14-12(18)10-4-5-11(17)16-15-10/h2-6H,1H3,(H,14,18)(H,16,17). The predicted octanol–water partition coefficient (Wildman–Crippen LogP) is 1.47. The van der Waals surface area contributed by atoms with Crippen molar-refractivity contribution in [2.24, 2.45) is 0 Å². The van der Waals surface area contributed by atoms with E-state index in [0.717, 1.165) is 0 Å². The number of anilines is 1. The highest BCUT2D eigenvalue weighted by Gasteiger charge is 2.08. The average Bonchev–Trinajstić information content (AvgIpc) is 2.34. The summed E-state index contributed by atoms with van der Waals surface area (Å²) in [6, 6.07) is 6.85. The van der Waals surface area contributed by atoms with E-state index in [0.29, 0.717) is 11.3 Å². The van der Waals surface area contributed by atoms with Crippen molar-refractivity contribution in [1.29, 1.82) is 0 Å². The molecular formula is C12H10FN3O2. The Kier molecular flexibility index (Phi) is 3.18. The summed E-state index contributed by atoms with van der Waals surface area (Å²) in [5.74, 6) is -0.920. The van der Waals surface area contributed by atoms with Crippen LogP contribution in [-0.2, 0) is 0 Å². The molecule has 0 radical (unpaired) electrons. The first-order chi connectivity index (χ1) is 8.56. The quantitative estimate of drug-likeness (QED) is 0.843. The highest BCUT2D eigenvalue weighted by Crippen LogP contribution is 2.14. The van der Waals surface area contributed by atoms with Gasteiger partial charge in [0, 0.05) is 11.8 Å². The minimum atomic E-state index is -0.519. The molecule has 0 bridgehead atoms. The number of aromatic nitrogens is 2. The summed E-state index contributed by atoms with van der Waals surface area (Å²) in [4.78, 5) is 22.5. The van der Waals surface area contributed by atoms with Gasteiger partial charge in [0.25, 0.3) is 11.5 Å². The van der Waals surface area contributed by atoms with E-state index >= 15 is 0 Å². The van der Waals surface area contributed by atoms with E-state index < -0.39 is 17.3 Å². The van der Waals surface area contributed by atoms with Crippen molar-refractivity contribution >= 4 is 11.6 Å². The smallest absolute Gasteiger partial charge is 0.276 e. The third-order valence-electron chi connectivity index (χ3n) is 2.34. The highest BCUT2D eigenvalue weighted by molar-refractivity contribution is 6.02. The van der Waals surface area contributed by atoms with Gasteiger partial charge in [0.1, 0.15) is 11.5 Å². The van der Waals surface area contributed by atoms with E-state index in [9.17, 15) is 14.0 Å². The molecule has 5 nitrogen and oxygen atoms in total. The Morgan fingerprint density at radius 1 is 1.33 bits per heavy atom. The molecule has 2 N–H and O–H groups in total. The van der Waals surface area contributed by atoms with Gasteiger partial charge < -0.3 is 5.32 Å². The lowest BCUT2D eigenvalue weighted by Crippen LogP contribution is -2.17. The van der Waals surface area contributed by atoms with Crippen LogP contribution in [0.3, 0.4) is 0 Å². The normalized spacial score (nSPS) is 10.1. The molecule has 0 saturated heterocycles. The molecule has 1 aromatic heterocycles. The van der Waals surface area contributed by atoms with Gasteiger partial charge in [-0.2, -0.15) is 5.10 Å². The second-order valence-electron chi connectivity index (χ2n) is 3.72. The summed E-state index contributed by atoms with van der Waals surface area (Å²) in [6.07, 6.45) is 0. The number of nitrogens with zero attached hydrogens (tertiary/aromatic N) is 1. The van der Waals surface area contributed by atoms with Gasteiger partial charge in [-0.3, -0.25) is 9.59 Å². The number of benzene rings is 1. The number of hydrogen-bond donors (Lipinski definition) is 2. The molecule has 1 heterocycles. The Labute approximate surface area is 102 Å². The fourth-order valence-corrected chi connectivity index (χ4v) is 1.34. The van der Waals surface area contributed by atoms with Crippen molar-refractivity contribution in [3.8, 4) is 0 Å². The van der Waals surface area contributed by atoms with E-state index in [1.165, 1.54) is 18.2 Å². The minimum absolute atomic E-state index is 0.0515. The molecule has 0 spiro atoms. The number of amides is 1. The first-order valence-electron chi connectivity index (χ1n) is 5.19. The van der Waals surface area contributed by atoms with E-state index in [-0.39, 0.29) is 5.69 Å². The monoisotopic (exact) mass is 247 g/mol. The predicted molar refractivity (Wildman–Crippen MR) is 63.9 cm³/mol. The third kappa shape index (κ3) is 2.60. The van der Waals surface area contributed by atoms with Crippen LogP contribution in [0.1, 0.15) is 16.1 Å². The molecule has 2 aromatic rings. The number of hydrogen-bond acceptors (Lipinski definition) is 3. The summed E-state index contributed by atoms with van der Waals surface area (Å²) in [5.41, 5.74) is 0.481. The number of rotatable bonds is 2. The van der Waals surface area contributed by atoms with E-state index in [2.05, 4.69) is 15.5 Å². The van der Waals surface area contributed by atoms with E-state index in [4.69, 9.17) is 0 Å². The molecule has 1 aromatic carbocycles. The number of carbonyl (C=O) groups is 1. The van der Waals surface area contributed by atoms with Gasteiger partial charge in [0.05, 0.1) is 0 Å². The van der Waals surface area contributed by atoms with Crippen LogP contribution in [0.5, 0.6) is 0 Å². The summed E-state index contributed by atoms with van der Waals surface area (Å²) in [6.45, 7) is 1.63. The molecule has 0 atom stereocenters. The van der Waals surface area contributed by atoms with Crippen molar-refractivity contribution in [3.05, 3.63) is 57.8 Å². The molecule has 6 heteroatoms. The second kappa shape index (κ2) is 4.79. The molecule has 92 valence electrons. The number of H-pyrrole nitrogens is 1. The summed E-state index contributed by atoms with van der Waals surface area (Å²) >= 11 is 0. The molecule has 0 fully saturated rings. The van der Waals surface area contributed by atoms with Crippen LogP contribution in [0.4, 0.5) is 10.1 Å². The van der Waals surface area contributed by atoms with Crippen LogP contribution in [0.25, 0.3) is 0 Å². The number of aromatic amines is 1. The van der Waals surface area contributed by atoms with Crippen molar-refractivity contribution in [1.82, 2.24) is 10.2 Å². The largest absolute Gasteiger partial charge is 0.320 e. The SMILES string of the molecule is Cc1ccc(NC(=O)c2ccc(=O)[nH]n2)cc1F. The lowest BCUT2D eigenvalue weighted by molar-refractivity contribution is 0.102. The number of aryl methyl sites for hydroxylation is 1. The molecule has 0 aliphatic carbocycles. The average molecular weight is 247 g/mol. The molecule has 0 saturated carbocycles. The summed E-state index contributed by atoms with van der Waals surface area (Å²) < 4.78 is 13.3. The van der Waals surface area contributed by atoms with Crippen molar-refractivity contribution < 1.29 is 9.18 Å². The van der Waals surface area contributed by atoms with Gasteiger partial charge in [-0.05, 0) is 30.7 Å². The third-order valence-corrected chi connectivity index (χ3v) is 2.34. The molecule has 18 heavy (non-hydrogen) atoms. The van der Waals surface area contributed by atoms with Crippen LogP contribution in [0.15, 0.2) is 35.1 Å².